The normalized spacial score (nSPS) is 11.4. The standard InChI is InChI=1S/C13H24BrN3/c1-5-17-12(13(14)11(4)16-17)7-6-8-15-9-10(2)3/h10,15H,5-9H2,1-4H3. The van der Waals surface area contributed by atoms with Gasteiger partial charge in [0.25, 0.3) is 0 Å². The maximum atomic E-state index is 4.51. The average Bonchev–Trinajstić information content (AvgIpc) is 2.55. The molecule has 3 nitrogen and oxygen atoms in total. The Morgan fingerprint density at radius 1 is 1.41 bits per heavy atom. The number of nitrogens with one attached hydrogen (secondary N) is 1. The van der Waals surface area contributed by atoms with Gasteiger partial charge in [0.15, 0.2) is 0 Å². The number of halogens is 1. The molecule has 0 atom stereocenters. The van der Waals surface area contributed by atoms with Crippen LogP contribution in [0.15, 0.2) is 4.47 Å². The summed E-state index contributed by atoms with van der Waals surface area (Å²) in [7, 11) is 0. The van der Waals surface area contributed by atoms with Crippen molar-refractivity contribution in [3.8, 4) is 0 Å². The molecule has 0 saturated carbocycles. The third kappa shape index (κ3) is 4.43. The molecule has 0 unspecified atom stereocenters. The van der Waals surface area contributed by atoms with Crippen molar-refractivity contribution in [3.63, 3.8) is 0 Å². The predicted octanol–water partition coefficient (Wildman–Crippen LogP) is 3.15. The summed E-state index contributed by atoms with van der Waals surface area (Å²) in [5.41, 5.74) is 2.42. The summed E-state index contributed by atoms with van der Waals surface area (Å²) in [4.78, 5) is 0. The molecule has 0 bridgehead atoms. The first-order valence-corrected chi connectivity index (χ1v) is 7.28. The Labute approximate surface area is 113 Å². The zero-order valence-electron chi connectivity index (χ0n) is 11.4. The molecule has 0 aliphatic rings. The van der Waals surface area contributed by atoms with E-state index in [-0.39, 0.29) is 0 Å². The van der Waals surface area contributed by atoms with Gasteiger partial charge in [0.05, 0.1) is 15.9 Å². The fourth-order valence-corrected chi connectivity index (χ4v) is 2.36. The minimum absolute atomic E-state index is 0.727. The largest absolute Gasteiger partial charge is 0.316 e. The van der Waals surface area contributed by atoms with Crippen LogP contribution in [0.25, 0.3) is 0 Å². The van der Waals surface area contributed by atoms with Crippen LogP contribution in [0.5, 0.6) is 0 Å². The van der Waals surface area contributed by atoms with Gasteiger partial charge < -0.3 is 5.32 Å². The zero-order valence-corrected chi connectivity index (χ0v) is 13.0. The number of rotatable bonds is 7. The summed E-state index contributed by atoms with van der Waals surface area (Å²) < 4.78 is 3.28. The van der Waals surface area contributed by atoms with Crippen LogP contribution >= 0.6 is 15.9 Å². The van der Waals surface area contributed by atoms with Crippen molar-refractivity contribution < 1.29 is 0 Å². The SMILES string of the molecule is CCn1nc(C)c(Br)c1CCCNCC(C)C. The number of hydrogen-bond donors (Lipinski definition) is 1. The second-order valence-electron chi connectivity index (χ2n) is 4.86. The summed E-state index contributed by atoms with van der Waals surface area (Å²) in [5.74, 6) is 0.727. The first kappa shape index (κ1) is 14.7. The van der Waals surface area contributed by atoms with Crippen LogP contribution in [0.2, 0.25) is 0 Å². The van der Waals surface area contributed by atoms with Crippen molar-refractivity contribution >= 4 is 15.9 Å². The topological polar surface area (TPSA) is 29.9 Å². The lowest BCUT2D eigenvalue weighted by molar-refractivity contribution is 0.534. The van der Waals surface area contributed by atoms with Crippen LogP contribution in [-0.2, 0) is 13.0 Å². The molecular weight excluding hydrogens is 278 g/mol. The van der Waals surface area contributed by atoms with Crippen LogP contribution in [0.1, 0.15) is 38.6 Å². The summed E-state index contributed by atoms with van der Waals surface area (Å²) in [5, 5.41) is 7.98. The van der Waals surface area contributed by atoms with Gasteiger partial charge in [-0.1, -0.05) is 13.8 Å². The highest BCUT2D eigenvalue weighted by Gasteiger charge is 2.11. The molecule has 0 aliphatic carbocycles. The van der Waals surface area contributed by atoms with Gasteiger partial charge in [-0.05, 0) is 61.6 Å². The van der Waals surface area contributed by atoms with E-state index in [9.17, 15) is 0 Å². The number of aryl methyl sites for hydroxylation is 2. The molecule has 4 heteroatoms. The van der Waals surface area contributed by atoms with Crippen molar-refractivity contribution in [1.82, 2.24) is 15.1 Å². The molecule has 0 aromatic carbocycles. The molecule has 1 aromatic heterocycles. The first-order valence-electron chi connectivity index (χ1n) is 6.48. The molecule has 1 N–H and O–H groups in total. The predicted molar refractivity (Wildman–Crippen MR) is 76.4 cm³/mol. The van der Waals surface area contributed by atoms with E-state index >= 15 is 0 Å². The smallest absolute Gasteiger partial charge is 0.0738 e. The molecule has 0 fully saturated rings. The molecule has 1 heterocycles. The van der Waals surface area contributed by atoms with Gasteiger partial charge in [-0.25, -0.2) is 0 Å². The molecule has 0 radical (unpaired) electrons. The molecule has 0 amide bonds. The van der Waals surface area contributed by atoms with Crippen LogP contribution < -0.4 is 5.32 Å². The van der Waals surface area contributed by atoms with Gasteiger partial charge >= 0.3 is 0 Å². The van der Waals surface area contributed by atoms with Crippen molar-refractivity contribution in [2.75, 3.05) is 13.1 Å². The molecule has 17 heavy (non-hydrogen) atoms. The zero-order chi connectivity index (χ0) is 12.8. The minimum atomic E-state index is 0.727. The molecular formula is C13H24BrN3. The van der Waals surface area contributed by atoms with Gasteiger partial charge in [0, 0.05) is 6.54 Å². The minimum Gasteiger partial charge on any atom is -0.316 e. The molecule has 0 saturated heterocycles. The quantitative estimate of drug-likeness (QED) is 0.784. The van der Waals surface area contributed by atoms with Crippen molar-refractivity contribution in [1.29, 1.82) is 0 Å². The lowest BCUT2D eigenvalue weighted by atomic mass is 10.2. The van der Waals surface area contributed by atoms with Crippen molar-refractivity contribution in [3.05, 3.63) is 15.9 Å². The maximum absolute atomic E-state index is 4.51. The Morgan fingerprint density at radius 2 is 2.12 bits per heavy atom. The Bertz CT molecular complexity index is 345. The van der Waals surface area contributed by atoms with Crippen LogP contribution in [0, 0.1) is 12.8 Å². The van der Waals surface area contributed by atoms with Gasteiger partial charge in [-0.3, -0.25) is 4.68 Å². The van der Waals surface area contributed by atoms with Gasteiger partial charge in [0.1, 0.15) is 0 Å². The van der Waals surface area contributed by atoms with Gasteiger partial charge in [-0.15, -0.1) is 0 Å². The van der Waals surface area contributed by atoms with Gasteiger partial charge in [-0.2, -0.15) is 5.10 Å². The van der Waals surface area contributed by atoms with Crippen LogP contribution in [0.3, 0.4) is 0 Å². The molecule has 1 aromatic rings. The van der Waals surface area contributed by atoms with Crippen LogP contribution in [0.4, 0.5) is 0 Å². The van der Waals surface area contributed by atoms with Gasteiger partial charge in [0.2, 0.25) is 0 Å². The van der Waals surface area contributed by atoms with E-state index in [1.807, 2.05) is 0 Å². The van der Waals surface area contributed by atoms with E-state index in [0.717, 1.165) is 44.1 Å². The van der Waals surface area contributed by atoms with E-state index in [1.165, 1.54) is 10.2 Å². The lowest BCUT2D eigenvalue weighted by Crippen LogP contribution is -2.21. The molecule has 0 aliphatic heterocycles. The molecule has 1 rings (SSSR count). The third-order valence-electron chi connectivity index (χ3n) is 2.77. The van der Waals surface area contributed by atoms with E-state index in [1.54, 1.807) is 0 Å². The van der Waals surface area contributed by atoms with Crippen molar-refractivity contribution in [2.24, 2.45) is 5.92 Å². The Kier molecular flexibility index (Phi) is 6.20. The summed E-state index contributed by atoms with van der Waals surface area (Å²) in [6, 6.07) is 0. The highest BCUT2D eigenvalue weighted by atomic mass is 79.9. The molecule has 0 spiro atoms. The fraction of sp³-hybridized carbons (Fsp3) is 0.769. The second-order valence-corrected chi connectivity index (χ2v) is 5.66. The molecule has 98 valence electrons. The van der Waals surface area contributed by atoms with Crippen molar-refractivity contribution in [2.45, 2.75) is 47.1 Å². The third-order valence-corrected chi connectivity index (χ3v) is 3.80. The average molecular weight is 302 g/mol. The maximum Gasteiger partial charge on any atom is 0.0738 e. The number of aromatic nitrogens is 2. The highest BCUT2D eigenvalue weighted by Crippen LogP contribution is 2.22. The summed E-state index contributed by atoms with van der Waals surface area (Å²) >= 11 is 3.63. The highest BCUT2D eigenvalue weighted by molar-refractivity contribution is 9.10. The fourth-order valence-electron chi connectivity index (χ4n) is 1.88. The van der Waals surface area contributed by atoms with Crippen LogP contribution in [-0.4, -0.2) is 22.9 Å². The monoisotopic (exact) mass is 301 g/mol. The van der Waals surface area contributed by atoms with E-state index in [4.69, 9.17) is 0 Å². The first-order chi connectivity index (χ1) is 8.06. The lowest BCUT2D eigenvalue weighted by Gasteiger charge is -2.08. The summed E-state index contributed by atoms with van der Waals surface area (Å²) in [6.07, 6.45) is 2.25. The van der Waals surface area contributed by atoms with E-state index < -0.39 is 0 Å². The van der Waals surface area contributed by atoms with E-state index in [0.29, 0.717) is 0 Å². The number of hydrogen-bond acceptors (Lipinski definition) is 2. The Balaban J connectivity index is 2.41. The second kappa shape index (κ2) is 7.17. The number of nitrogens with zero attached hydrogens (tertiary/aromatic N) is 2. The summed E-state index contributed by atoms with van der Waals surface area (Å²) in [6.45, 7) is 11.8. The van der Waals surface area contributed by atoms with E-state index in [2.05, 4.69) is 58.7 Å². The Morgan fingerprint density at radius 3 is 2.71 bits per heavy atom. The Hall–Kier alpha value is -0.350.